The van der Waals surface area contributed by atoms with E-state index in [4.69, 9.17) is 17.4 Å². The van der Waals surface area contributed by atoms with Gasteiger partial charge in [0.15, 0.2) is 0 Å². The van der Waals surface area contributed by atoms with Gasteiger partial charge in [0, 0.05) is 18.3 Å². The van der Waals surface area contributed by atoms with Crippen molar-refractivity contribution in [2.45, 2.75) is 25.9 Å². The first-order valence-electron chi connectivity index (χ1n) is 6.09. The molecule has 0 saturated carbocycles. The van der Waals surface area contributed by atoms with Gasteiger partial charge in [0.1, 0.15) is 5.82 Å². The zero-order valence-electron chi connectivity index (χ0n) is 10.6. The lowest BCUT2D eigenvalue weighted by Crippen LogP contribution is -2.28. The number of aromatic nitrogens is 2. The minimum atomic E-state index is -0.458. The van der Waals surface area contributed by atoms with Crippen LogP contribution in [0.15, 0.2) is 30.6 Å². The molecule has 1 aromatic heterocycles. The zero-order chi connectivity index (χ0) is 13.8. The summed E-state index contributed by atoms with van der Waals surface area (Å²) in [6.07, 6.45) is 4.63. The molecule has 0 spiro atoms. The van der Waals surface area contributed by atoms with Crippen LogP contribution in [0.4, 0.5) is 4.39 Å². The first-order chi connectivity index (χ1) is 9.15. The maximum absolute atomic E-state index is 13.5. The SMILES string of the molecule is CCCn1cc(C(NN)c2ccc(Cl)c(F)c2)cn1. The Labute approximate surface area is 116 Å². The van der Waals surface area contributed by atoms with Crippen LogP contribution in [0.3, 0.4) is 0 Å². The maximum Gasteiger partial charge on any atom is 0.142 e. The third-order valence-corrected chi connectivity index (χ3v) is 3.19. The molecule has 0 radical (unpaired) electrons. The number of rotatable bonds is 5. The second kappa shape index (κ2) is 6.14. The molecule has 6 heteroatoms. The molecule has 0 amide bonds. The van der Waals surface area contributed by atoms with Crippen LogP contribution in [0.25, 0.3) is 0 Å². The van der Waals surface area contributed by atoms with E-state index in [1.54, 1.807) is 12.3 Å². The molecule has 2 rings (SSSR count). The molecule has 1 atom stereocenters. The quantitative estimate of drug-likeness (QED) is 0.655. The first kappa shape index (κ1) is 14.0. The van der Waals surface area contributed by atoms with Crippen molar-refractivity contribution in [2.24, 2.45) is 5.84 Å². The summed E-state index contributed by atoms with van der Waals surface area (Å²) in [5.41, 5.74) is 4.27. The van der Waals surface area contributed by atoms with E-state index in [-0.39, 0.29) is 11.1 Å². The van der Waals surface area contributed by atoms with E-state index in [1.807, 2.05) is 10.9 Å². The molecular weight excluding hydrogens is 267 g/mol. The van der Waals surface area contributed by atoms with Crippen LogP contribution in [0, 0.1) is 5.82 Å². The summed E-state index contributed by atoms with van der Waals surface area (Å²) in [4.78, 5) is 0. The van der Waals surface area contributed by atoms with E-state index < -0.39 is 5.82 Å². The van der Waals surface area contributed by atoms with Gasteiger partial charge in [-0.1, -0.05) is 24.6 Å². The van der Waals surface area contributed by atoms with Crippen molar-refractivity contribution in [2.75, 3.05) is 0 Å². The molecule has 1 heterocycles. The molecule has 0 saturated heterocycles. The van der Waals surface area contributed by atoms with Gasteiger partial charge in [0.05, 0.1) is 17.3 Å². The molecule has 4 nitrogen and oxygen atoms in total. The van der Waals surface area contributed by atoms with Crippen LogP contribution < -0.4 is 11.3 Å². The Morgan fingerprint density at radius 1 is 1.47 bits per heavy atom. The summed E-state index contributed by atoms with van der Waals surface area (Å²) in [6, 6.07) is 4.34. The second-order valence-electron chi connectivity index (χ2n) is 4.31. The number of nitrogens with two attached hydrogens (primary N) is 1. The standard InChI is InChI=1S/C13H16ClFN4/c1-2-5-19-8-10(7-17-19)13(18-16)9-3-4-11(14)12(15)6-9/h3-4,6-8,13,18H,2,5,16H2,1H3. The monoisotopic (exact) mass is 282 g/mol. The maximum atomic E-state index is 13.5. The van der Waals surface area contributed by atoms with Crippen molar-refractivity contribution in [1.29, 1.82) is 0 Å². The predicted octanol–water partition coefficient (Wildman–Crippen LogP) is 2.64. The highest BCUT2D eigenvalue weighted by Crippen LogP contribution is 2.24. The molecule has 0 aliphatic heterocycles. The summed E-state index contributed by atoms with van der Waals surface area (Å²) in [7, 11) is 0. The van der Waals surface area contributed by atoms with Crippen LogP contribution in [-0.4, -0.2) is 9.78 Å². The highest BCUT2D eigenvalue weighted by molar-refractivity contribution is 6.30. The number of hydrogen-bond acceptors (Lipinski definition) is 3. The van der Waals surface area contributed by atoms with Crippen LogP contribution >= 0.6 is 11.6 Å². The molecule has 2 aromatic rings. The predicted molar refractivity (Wildman–Crippen MR) is 73.1 cm³/mol. The summed E-state index contributed by atoms with van der Waals surface area (Å²) in [5.74, 6) is 5.11. The van der Waals surface area contributed by atoms with Gasteiger partial charge >= 0.3 is 0 Å². The van der Waals surface area contributed by atoms with Gasteiger partial charge in [-0.05, 0) is 24.1 Å². The second-order valence-corrected chi connectivity index (χ2v) is 4.72. The number of aryl methyl sites for hydroxylation is 1. The fraction of sp³-hybridized carbons (Fsp3) is 0.308. The van der Waals surface area contributed by atoms with Crippen LogP contribution in [0.5, 0.6) is 0 Å². The highest BCUT2D eigenvalue weighted by atomic mass is 35.5. The Bertz CT molecular complexity index is 555. The summed E-state index contributed by atoms with van der Waals surface area (Å²) in [5, 5.41) is 4.34. The Morgan fingerprint density at radius 3 is 2.89 bits per heavy atom. The lowest BCUT2D eigenvalue weighted by atomic mass is 10.0. The Morgan fingerprint density at radius 2 is 2.26 bits per heavy atom. The first-order valence-corrected chi connectivity index (χ1v) is 6.47. The largest absolute Gasteiger partial charge is 0.272 e. The lowest BCUT2D eigenvalue weighted by Gasteiger charge is -2.15. The molecular formula is C13H16ClFN4. The van der Waals surface area contributed by atoms with E-state index in [0.29, 0.717) is 5.56 Å². The molecule has 0 bridgehead atoms. The summed E-state index contributed by atoms with van der Waals surface area (Å²) < 4.78 is 15.3. The van der Waals surface area contributed by atoms with E-state index in [1.165, 1.54) is 12.1 Å². The number of halogens is 2. The van der Waals surface area contributed by atoms with Crippen molar-refractivity contribution in [3.63, 3.8) is 0 Å². The fourth-order valence-corrected chi connectivity index (χ4v) is 2.07. The fourth-order valence-electron chi connectivity index (χ4n) is 1.96. The van der Waals surface area contributed by atoms with E-state index >= 15 is 0 Å². The Balaban J connectivity index is 2.29. The number of hydrogen-bond donors (Lipinski definition) is 2. The van der Waals surface area contributed by atoms with Crippen LogP contribution in [0.1, 0.15) is 30.5 Å². The van der Waals surface area contributed by atoms with Crippen LogP contribution in [0.2, 0.25) is 5.02 Å². The molecule has 19 heavy (non-hydrogen) atoms. The number of nitrogens with zero attached hydrogens (tertiary/aromatic N) is 2. The Hall–Kier alpha value is -1.43. The number of nitrogens with one attached hydrogen (secondary N) is 1. The normalized spacial score (nSPS) is 12.6. The topological polar surface area (TPSA) is 55.9 Å². The van der Waals surface area contributed by atoms with Gasteiger partial charge in [-0.25, -0.2) is 9.82 Å². The number of benzene rings is 1. The third kappa shape index (κ3) is 3.12. The van der Waals surface area contributed by atoms with Crippen molar-refractivity contribution in [3.8, 4) is 0 Å². The average Bonchev–Trinajstić information content (AvgIpc) is 2.83. The van der Waals surface area contributed by atoms with Gasteiger partial charge < -0.3 is 0 Å². The molecule has 1 unspecified atom stereocenters. The number of hydrazine groups is 1. The molecule has 0 aliphatic rings. The van der Waals surface area contributed by atoms with Gasteiger partial charge in [-0.2, -0.15) is 5.10 Å². The summed E-state index contributed by atoms with van der Waals surface area (Å²) in [6.45, 7) is 2.92. The average molecular weight is 283 g/mol. The van der Waals surface area contributed by atoms with Gasteiger partial charge in [-0.15, -0.1) is 0 Å². The molecule has 0 fully saturated rings. The molecule has 0 aliphatic carbocycles. The zero-order valence-corrected chi connectivity index (χ0v) is 11.4. The lowest BCUT2D eigenvalue weighted by molar-refractivity contribution is 0.594. The van der Waals surface area contributed by atoms with Crippen molar-refractivity contribution in [1.82, 2.24) is 15.2 Å². The van der Waals surface area contributed by atoms with E-state index in [0.717, 1.165) is 18.5 Å². The third-order valence-electron chi connectivity index (χ3n) is 2.88. The van der Waals surface area contributed by atoms with E-state index in [2.05, 4.69) is 17.4 Å². The van der Waals surface area contributed by atoms with E-state index in [9.17, 15) is 4.39 Å². The van der Waals surface area contributed by atoms with Gasteiger partial charge in [-0.3, -0.25) is 10.5 Å². The minimum absolute atomic E-state index is 0.0983. The van der Waals surface area contributed by atoms with Crippen LogP contribution in [-0.2, 0) is 6.54 Å². The van der Waals surface area contributed by atoms with Crippen molar-refractivity contribution in [3.05, 3.63) is 52.6 Å². The molecule has 102 valence electrons. The minimum Gasteiger partial charge on any atom is -0.272 e. The smallest absolute Gasteiger partial charge is 0.142 e. The molecule has 1 aromatic carbocycles. The summed E-state index contributed by atoms with van der Waals surface area (Å²) >= 11 is 5.68. The highest BCUT2D eigenvalue weighted by Gasteiger charge is 2.16. The van der Waals surface area contributed by atoms with Gasteiger partial charge in [0.2, 0.25) is 0 Å². The van der Waals surface area contributed by atoms with Gasteiger partial charge in [0.25, 0.3) is 0 Å². The van der Waals surface area contributed by atoms with Crippen molar-refractivity contribution < 1.29 is 4.39 Å². The molecule has 3 N–H and O–H groups in total. The Kier molecular flexibility index (Phi) is 4.52. The van der Waals surface area contributed by atoms with Crippen molar-refractivity contribution >= 4 is 11.6 Å².